The highest BCUT2D eigenvalue weighted by Gasteiger charge is 2.19. The smallest absolute Gasteiger partial charge is 0.267 e. The Morgan fingerprint density at radius 3 is 2.65 bits per heavy atom. The van der Waals surface area contributed by atoms with Gasteiger partial charge in [-0.25, -0.2) is 0 Å². The van der Waals surface area contributed by atoms with Gasteiger partial charge in [-0.2, -0.15) is 0 Å². The molecular formula is C21H21ClN2OS. The Morgan fingerprint density at radius 1 is 1.15 bits per heavy atom. The van der Waals surface area contributed by atoms with E-state index in [-0.39, 0.29) is 5.91 Å². The number of fused-ring (bicyclic) bond motifs is 1. The maximum absolute atomic E-state index is 12.6. The lowest BCUT2D eigenvalue weighted by molar-refractivity contribution is 0.103. The molecule has 0 spiro atoms. The van der Waals surface area contributed by atoms with Crippen LogP contribution in [0.25, 0.3) is 10.1 Å². The molecule has 1 atom stereocenters. The van der Waals surface area contributed by atoms with Gasteiger partial charge in [-0.15, -0.1) is 11.3 Å². The van der Waals surface area contributed by atoms with E-state index in [1.807, 2.05) is 36.4 Å². The Morgan fingerprint density at radius 2 is 1.92 bits per heavy atom. The lowest BCUT2D eigenvalue weighted by atomic mass is 10.0. The second-order valence-corrected chi connectivity index (χ2v) is 8.21. The zero-order valence-corrected chi connectivity index (χ0v) is 16.2. The molecule has 1 fully saturated rings. The van der Waals surface area contributed by atoms with Gasteiger partial charge in [-0.3, -0.25) is 4.79 Å². The molecule has 4 rings (SSSR count). The second kappa shape index (κ2) is 7.29. The predicted molar refractivity (Wildman–Crippen MR) is 112 cm³/mol. The maximum Gasteiger partial charge on any atom is 0.267 e. The van der Waals surface area contributed by atoms with Gasteiger partial charge in [0.2, 0.25) is 0 Å². The first kappa shape index (κ1) is 17.4. The van der Waals surface area contributed by atoms with Crippen molar-refractivity contribution in [1.29, 1.82) is 0 Å². The van der Waals surface area contributed by atoms with Crippen LogP contribution in [0.3, 0.4) is 0 Å². The van der Waals surface area contributed by atoms with Crippen LogP contribution in [0.1, 0.15) is 35.9 Å². The summed E-state index contributed by atoms with van der Waals surface area (Å²) in [5, 5.41) is 4.43. The molecule has 0 radical (unpaired) electrons. The predicted octanol–water partition coefficient (Wildman–Crippen LogP) is 6.19. The minimum absolute atomic E-state index is 0.157. The average molecular weight is 385 g/mol. The van der Waals surface area contributed by atoms with Gasteiger partial charge in [0.25, 0.3) is 5.91 Å². The first-order valence-electron chi connectivity index (χ1n) is 8.98. The lowest BCUT2D eigenvalue weighted by Gasteiger charge is -2.35. The summed E-state index contributed by atoms with van der Waals surface area (Å²) in [7, 11) is 0. The number of nitrogens with one attached hydrogen (secondary N) is 1. The number of carbonyl (C=O) groups excluding carboxylic acids is 1. The van der Waals surface area contributed by atoms with E-state index in [1.54, 1.807) is 0 Å². The van der Waals surface area contributed by atoms with Crippen molar-refractivity contribution in [2.24, 2.45) is 0 Å². The molecule has 1 saturated heterocycles. The van der Waals surface area contributed by atoms with Crippen molar-refractivity contribution in [3.05, 3.63) is 58.4 Å². The lowest BCUT2D eigenvalue weighted by Crippen LogP contribution is -2.37. The van der Waals surface area contributed by atoms with Crippen LogP contribution in [0.2, 0.25) is 5.02 Å². The molecule has 0 saturated carbocycles. The van der Waals surface area contributed by atoms with Crippen LogP contribution in [0.5, 0.6) is 0 Å². The Kier molecular flexibility index (Phi) is 4.88. The van der Waals surface area contributed by atoms with Gasteiger partial charge in [0.1, 0.15) is 4.88 Å². The number of piperidine rings is 1. The highest BCUT2D eigenvalue weighted by atomic mass is 35.5. The zero-order chi connectivity index (χ0) is 18.1. The number of halogens is 1. The summed E-state index contributed by atoms with van der Waals surface area (Å²) in [5.41, 5.74) is 2.01. The number of benzene rings is 2. The Balaban J connectivity index is 1.51. The molecule has 1 aliphatic heterocycles. The van der Waals surface area contributed by atoms with Crippen LogP contribution in [-0.2, 0) is 0 Å². The van der Waals surface area contributed by atoms with Crippen molar-refractivity contribution >= 4 is 50.3 Å². The van der Waals surface area contributed by atoms with Crippen LogP contribution in [0.15, 0.2) is 48.5 Å². The third kappa shape index (κ3) is 3.31. The van der Waals surface area contributed by atoms with E-state index in [2.05, 4.69) is 29.3 Å². The molecule has 26 heavy (non-hydrogen) atoms. The molecule has 1 aliphatic rings. The summed E-state index contributed by atoms with van der Waals surface area (Å²) in [4.78, 5) is 15.6. The number of anilines is 2. The topological polar surface area (TPSA) is 32.3 Å². The molecule has 1 amide bonds. The van der Waals surface area contributed by atoms with Gasteiger partial charge in [0, 0.05) is 34.0 Å². The van der Waals surface area contributed by atoms with Crippen molar-refractivity contribution in [3.8, 4) is 0 Å². The molecule has 0 bridgehead atoms. The Labute approximate surface area is 162 Å². The number of carbonyl (C=O) groups is 1. The SMILES string of the molecule is C[C@H]1CCCCN1c1ccc(NC(=O)c2sc3ccccc3c2Cl)cc1. The van der Waals surface area contributed by atoms with E-state index in [0.717, 1.165) is 22.3 Å². The highest BCUT2D eigenvalue weighted by Crippen LogP contribution is 2.35. The van der Waals surface area contributed by atoms with Gasteiger partial charge >= 0.3 is 0 Å². The molecule has 1 N–H and O–H groups in total. The number of hydrogen-bond donors (Lipinski definition) is 1. The van der Waals surface area contributed by atoms with Crippen LogP contribution in [-0.4, -0.2) is 18.5 Å². The van der Waals surface area contributed by atoms with Crippen molar-refractivity contribution < 1.29 is 4.79 Å². The number of thiophene rings is 1. The van der Waals surface area contributed by atoms with E-state index < -0.39 is 0 Å². The minimum atomic E-state index is -0.157. The molecule has 1 aromatic heterocycles. The van der Waals surface area contributed by atoms with Crippen molar-refractivity contribution in [1.82, 2.24) is 0 Å². The third-order valence-corrected chi connectivity index (χ3v) is 6.68. The molecule has 2 heterocycles. The van der Waals surface area contributed by atoms with Crippen LogP contribution < -0.4 is 10.2 Å². The summed E-state index contributed by atoms with van der Waals surface area (Å²) in [6.07, 6.45) is 3.79. The fraction of sp³-hybridized carbons (Fsp3) is 0.286. The van der Waals surface area contributed by atoms with E-state index in [9.17, 15) is 4.79 Å². The maximum atomic E-state index is 12.6. The van der Waals surface area contributed by atoms with Gasteiger partial charge < -0.3 is 10.2 Å². The fourth-order valence-electron chi connectivity index (χ4n) is 3.57. The normalized spacial score (nSPS) is 17.5. The molecule has 0 aliphatic carbocycles. The quantitative estimate of drug-likeness (QED) is 0.584. The molecule has 2 aromatic carbocycles. The number of hydrogen-bond acceptors (Lipinski definition) is 3. The molecular weight excluding hydrogens is 364 g/mol. The Hall–Kier alpha value is -2.04. The van der Waals surface area contributed by atoms with Crippen LogP contribution in [0.4, 0.5) is 11.4 Å². The van der Waals surface area contributed by atoms with Gasteiger partial charge in [0.15, 0.2) is 0 Å². The van der Waals surface area contributed by atoms with E-state index in [0.29, 0.717) is 15.9 Å². The molecule has 0 unspecified atom stereocenters. The second-order valence-electron chi connectivity index (χ2n) is 6.78. The van der Waals surface area contributed by atoms with E-state index in [4.69, 9.17) is 11.6 Å². The van der Waals surface area contributed by atoms with Crippen molar-refractivity contribution in [2.45, 2.75) is 32.2 Å². The van der Waals surface area contributed by atoms with Gasteiger partial charge in [0.05, 0.1) is 5.02 Å². The Bertz CT molecular complexity index is 935. The highest BCUT2D eigenvalue weighted by molar-refractivity contribution is 7.21. The number of amides is 1. The molecule has 3 nitrogen and oxygen atoms in total. The summed E-state index contributed by atoms with van der Waals surface area (Å²) in [5.74, 6) is -0.157. The summed E-state index contributed by atoms with van der Waals surface area (Å²) < 4.78 is 1.03. The average Bonchev–Trinajstić information content (AvgIpc) is 3.00. The summed E-state index contributed by atoms with van der Waals surface area (Å²) >= 11 is 7.83. The molecule has 3 aromatic rings. The fourth-order valence-corrected chi connectivity index (χ4v) is 4.98. The zero-order valence-electron chi connectivity index (χ0n) is 14.7. The first-order valence-corrected chi connectivity index (χ1v) is 10.2. The largest absolute Gasteiger partial charge is 0.369 e. The first-order chi connectivity index (χ1) is 12.6. The van der Waals surface area contributed by atoms with Crippen molar-refractivity contribution in [2.75, 3.05) is 16.8 Å². The van der Waals surface area contributed by atoms with E-state index >= 15 is 0 Å². The van der Waals surface area contributed by atoms with E-state index in [1.165, 1.54) is 36.3 Å². The third-order valence-electron chi connectivity index (χ3n) is 5.00. The molecule has 134 valence electrons. The number of rotatable bonds is 3. The minimum Gasteiger partial charge on any atom is -0.369 e. The summed E-state index contributed by atoms with van der Waals surface area (Å²) in [6.45, 7) is 3.38. The molecule has 5 heteroatoms. The van der Waals surface area contributed by atoms with Gasteiger partial charge in [-0.1, -0.05) is 29.8 Å². The summed E-state index contributed by atoms with van der Waals surface area (Å²) in [6, 6.07) is 16.5. The van der Waals surface area contributed by atoms with Gasteiger partial charge in [-0.05, 0) is 56.5 Å². The van der Waals surface area contributed by atoms with Crippen molar-refractivity contribution in [3.63, 3.8) is 0 Å². The monoisotopic (exact) mass is 384 g/mol. The van der Waals surface area contributed by atoms with Crippen LogP contribution >= 0.6 is 22.9 Å². The number of nitrogens with zero attached hydrogens (tertiary/aromatic N) is 1. The standard InChI is InChI=1S/C21H21ClN2OS/c1-14-6-4-5-13-24(14)16-11-9-15(10-12-16)23-21(25)20-19(22)17-7-2-3-8-18(17)26-20/h2-3,7-12,14H,4-6,13H2,1H3,(H,23,25)/t14-/m0/s1. The van der Waals surface area contributed by atoms with Crippen LogP contribution in [0, 0.1) is 0 Å².